The number of carbonyl (C=O) groups excluding carboxylic acids is 2. The zero-order valence-electron chi connectivity index (χ0n) is 37.1. The highest BCUT2D eigenvalue weighted by molar-refractivity contribution is 5.77. The Morgan fingerprint density at radius 3 is 1.62 bits per heavy atom. The van der Waals surface area contributed by atoms with Crippen LogP contribution in [0, 0.1) is 0 Å². The molecule has 328 valence electrons. The van der Waals surface area contributed by atoms with Crippen molar-refractivity contribution in [3.05, 3.63) is 109 Å². The molecule has 0 aliphatic rings. The minimum atomic E-state index is -0.814. The molecule has 0 rings (SSSR count). The third-order valence-electron chi connectivity index (χ3n) is 9.69. The number of hydrogen-bond acceptors (Lipinski definition) is 5. The molecule has 0 saturated carbocycles. The first-order chi connectivity index (χ1) is 28.5. The standard InChI is InChI=1S/C52H85NO5/c1-4-7-10-13-16-19-21-23-24-25-26-28-29-32-34-37-40-43-48(58-52(57)45-42-39-36-33-30-27-22-20-17-14-11-8-5-2)46-51(56)53-49(47-54)50(55)44-41-38-35-31-18-15-12-9-6-3/h7-8,10-11,14,16-17,19-20,22-24,26-28,30,32,34,48-50,54-55H,4-6,9,12-13,15,18,21,25,29,31,33,35-47H2,1-3H3,(H,53,56)/b10-7-,11-8+,17-14+,19-16-,22-20-,24-23-,28-26-,30-27-,34-32-. The normalized spacial score (nSPS) is 14.4. The number of ether oxygens (including phenoxy) is 1. The Bertz CT molecular complexity index is 1220. The van der Waals surface area contributed by atoms with Gasteiger partial charge in [-0.2, -0.15) is 0 Å². The van der Waals surface area contributed by atoms with Crippen molar-refractivity contribution in [3.63, 3.8) is 0 Å². The van der Waals surface area contributed by atoms with Gasteiger partial charge in [-0.15, -0.1) is 0 Å². The third kappa shape index (κ3) is 39.4. The molecule has 0 aromatic rings. The van der Waals surface area contributed by atoms with Crippen molar-refractivity contribution in [1.82, 2.24) is 5.32 Å². The molecule has 6 heteroatoms. The molecule has 0 aliphatic heterocycles. The number of hydrogen-bond donors (Lipinski definition) is 3. The van der Waals surface area contributed by atoms with Gasteiger partial charge in [0.15, 0.2) is 0 Å². The topological polar surface area (TPSA) is 95.9 Å². The van der Waals surface area contributed by atoms with Gasteiger partial charge in [-0.05, 0) is 83.5 Å². The van der Waals surface area contributed by atoms with Crippen molar-refractivity contribution in [2.75, 3.05) is 6.61 Å². The Hall–Kier alpha value is -3.48. The van der Waals surface area contributed by atoms with Crippen LogP contribution in [0.4, 0.5) is 0 Å². The molecule has 1 amide bonds. The summed E-state index contributed by atoms with van der Waals surface area (Å²) in [6.45, 7) is 6.15. The summed E-state index contributed by atoms with van der Waals surface area (Å²) in [7, 11) is 0. The van der Waals surface area contributed by atoms with E-state index in [1.807, 2.05) is 30.4 Å². The maximum atomic E-state index is 13.1. The quantitative estimate of drug-likeness (QED) is 0.0249. The number of nitrogens with one attached hydrogen (secondary N) is 1. The second-order valence-electron chi connectivity index (χ2n) is 15.1. The monoisotopic (exact) mass is 804 g/mol. The number of carbonyl (C=O) groups is 2. The van der Waals surface area contributed by atoms with Gasteiger partial charge in [0.25, 0.3) is 0 Å². The minimum Gasteiger partial charge on any atom is -0.462 e. The van der Waals surface area contributed by atoms with Crippen LogP contribution in [0.3, 0.4) is 0 Å². The predicted molar refractivity (Wildman–Crippen MR) is 250 cm³/mol. The molecule has 0 radical (unpaired) electrons. The van der Waals surface area contributed by atoms with Crippen LogP contribution in [0.2, 0.25) is 0 Å². The molecule has 3 unspecified atom stereocenters. The van der Waals surface area contributed by atoms with E-state index in [0.29, 0.717) is 19.3 Å². The fraction of sp³-hybridized carbons (Fsp3) is 0.615. The van der Waals surface area contributed by atoms with Crippen molar-refractivity contribution in [1.29, 1.82) is 0 Å². The average molecular weight is 804 g/mol. The van der Waals surface area contributed by atoms with E-state index in [0.717, 1.165) is 96.3 Å². The molecule has 6 nitrogen and oxygen atoms in total. The van der Waals surface area contributed by atoms with E-state index in [9.17, 15) is 19.8 Å². The summed E-state index contributed by atoms with van der Waals surface area (Å²) in [5.41, 5.74) is 0. The summed E-state index contributed by atoms with van der Waals surface area (Å²) in [5, 5.41) is 23.6. The van der Waals surface area contributed by atoms with E-state index < -0.39 is 18.2 Å². The van der Waals surface area contributed by atoms with Crippen LogP contribution in [0.1, 0.15) is 181 Å². The van der Waals surface area contributed by atoms with Gasteiger partial charge in [-0.3, -0.25) is 9.59 Å². The second-order valence-corrected chi connectivity index (χ2v) is 15.1. The molecule has 0 spiro atoms. The lowest BCUT2D eigenvalue weighted by Crippen LogP contribution is -2.46. The van der Waals surface area contributed by atoms with Gasteiger partial charge in [0.2, 0.25) is 5.91 Å². The fourth-order valence-corrected chi connectivity index (χ4v) is 6.24. The lowest BCUT2D eigenvalue weighted by Gasteiger charge is -2.24. The van der Waals surface area contributed by atoms with Gasteiger partial charge in [0, 0.05) is 6.42 Å². The van der Waals surface area contributed by atoms with Gasteiger partial charge in [0.1, 0.15) is 6.10 Å². The summed E-state index contributed by atoms with van der Waals surface area (Å²) in [6, 6.07) is -0.733. The second kappa shape index (κ2) is 44.6. The van der Waals surface area contributed by atoms with Crippen LogP contribution in [-0.2, 0) is 14.3 Å². The maximum absolute atomic E-state index is 13.1. The molecule has 0 fully saturated rings. The number of amides is 1. The van der Waals surface area contributed by atoms with E-state index >= 15 is 0 Å². The highest BCUT2D eigenvalue weighted by atomic mass is 16.5. The smallest absolute Gasteiger partial charge is 0.306 e. The Morgan fingerprint density at radius 2 is 1.03 bits per heavy atom. The van der Waals surface area contributed by atoms with E-state index in [1.54, 1.807) is 0 Å². The van der Waals surface area contributed by atoms with E-state index in [4.69, 9.17) is 4.74 Å². The number of esters is 1. The Labute approximate surface area is 356 Å². The first-order valence-electron chi connectivity index (χ1n) is 23.2. The summed E-state index contributed by atoms with van der Waals surface area (Å²) < 4.78 is 5.86. The van der Waals surface area contributed by atoms with E-state index in [-0.39, 0.29) is 24.9 Å². The van der Waals surface area contributed by atoms with Gasteiger partial charge < -0.3 is 20.3 Å². The third-order valence-corrected chi connectivity index (χ3v) is 9.69. The highest BCUT2D eigenvalue weighted by Crippen LogP contribution is 2.16. The van der Waals surface area contributed by atoms with Crippen LogP contribution < -0.4 is 5.32 Å². The molecule has 0 aliphatic carbocycles. The van der Waals surface area contributed by atoms with Crippen molar-refractivity contribution in [2.45, 2.75) is 200 Å². The lowest BCUT2D eigenvalue weighted by molar-refractivity contribution is -0.151. The maximum Gasteiger partial charge on any atom is 0.306 e. The molecule has 58 heavy (non-hydrogen) atoms. The number of aliphatic hydroxyl groups is 2. The summed E-state index contributed by atoms with van der Waals surface area (Å²) in [6.07, 6.45) is 60.1. The fourth-order valence-electron chi connectivity index (χ4n) is 6.24. The van der Waals surface area contributed by atoms with Gasteiger partial charge in [-0.1, -0.05) is 194 Å². The van der Waals surface area contributed by atoms with Crippen molar-refractivity contribution < 1.29 is 24.5 Å². The SMILES string of the molecule is CC/C=C\C/C=C\C/C=C\C/C=C\C/C=C\CCCC(CC(=O)NC(CO)C(O)CCCCCCCCCCC)OC(=O)CCCCC\C=C/C=C\C=C\C=C\CC. The molecule has 0 aromatic carbocycles. The van der Waals surface area contributed by atoms with Crippen LogP contribution in [0.5, 0.6) is 0 Å². The first kappa shape index (κ1) is 54.5. The number of aliphatic hydroxyl groups excluding tert-OH is 2. The molecule has 3 atom stereocenters. The summed E-state index contributed by atoms with van der Waals surface area (Å²) >= 11 is 0. The molecule has 0 aromatic heterocycles. The zero-order valence-corrected chi connectivity index (χ0v) is 37.1. The van der Waals surface area contributed by atoms with Gasteiger partial charge >= 0.3 is 5.97 Å². The summed E-state index contributed by atoms with van der Waals surface area (Å²) in [5.74, 6) is -0.592. The van der Waals surface area contributed by atoms with Crippen molar-refractivity contribution in [2.24, 2.45) is 0 Å². The first-order valence-corrected chi connectivity index (χ1v) is 23.2. The largest absolute Gasteiger partial charge is 0.462 e. The zero-order chi connectivity index (χ0) is 42.4. The molecule has 3 N–H and O–H groups in total. The predicted octanol–water partition coefficient (Wildman–Crippen LogP) is 13.6. The number of unbranched alkanes of at least 4 members (excludes halogenated alkanes) is 12. The molecule has 0 heterocycles. The van der Waals surface area contributed by atoms with Crippen molar-refractivity contribution >= 4 is 11.9 Å². The average Bonchev–Trinajstić information content (AvgIpc) is 3.22. The molecular weight excluding hydrogens is 719 g/mol. The van der Waals surface area contributed by atoms with Crippen LogP contribution in [0.25, 0.3) is 0 Å². The highest BCUT2D eigenvalue weighted by Gasteiger charge is 2.24. The van der Waals surface area contributed by atoms with E-state index in [2.05, 4.69) is 105 Å². The number of rotatable bonds is 39. The minimum absolute atomic E-state index is 0.0149. The molecule has 0 saturated heterocycles. The van der Waals surface area contributed by atoms with Crippen LogP contribution in [-0.4, -0.2) is 46.9 Å². The molecular formula is C52H85NO5. The van der Waals surface area contributed by atoms with Gasteiger partial charge in [-0.25, -0.2) is 0 Å². The Morgan fingerprint density at radius 1 is 0.534 bits per heavy atom. The summed E-state index contributed by atoms with van der Waals surface area (Å²) in [4.78, 5) is 26.0. The Kier molecular flexibility index (Phi) is 41.9. The number of allylic oxidation sites excluding steroid dienone is 18. The molecule has 0 bridgehead atoms. The lowest BCUT2D eigenvalue weighted by atomic mass is 10.0. The van der Waals surface area contributed by atoms with E-state index in [1.165, 1.54) is 38.5 Å². The van der Waals surface area contributed by atoms with Crippen molar-refractivity contribution in [3.8, 4) is 0 Å². The van der Waals surface area contributed by atoms with Crippen LogP contribution in [0.15, 0.2) is 109 Å². The van der Waals surface area contributed by atoms with Crippen LogP contribution >= 0.6 is 0 Å². The Balaban J connectivity index is 4.83. The van der Waals surface area contributed by atoms with Gasteiger partial charge in [0.05, 0.1) is 25.2 Å².